The van der Waals surface area contributed by atoms with Crippen molar-refractivity contribution in [2.45, 2.75) is 19.4 Å². The van der Waals surface area contributed by atoms with Crippen LogP contribution in [0.3, 0.4) is 0 Å². The van der Waals surface area contributed by atoms with E-state index in [0.717, 1.165) is 0 Å². The van der Waals surface area contributed by atoms with E-state index in [9.17, 15) is 4.79 Å². The van der Waals surface area contributed by atoms with E-state index in [1.807, 2.05) is 0 Å². The summed E-state index contributed by atoms with van der Waals surface area (Å²) in [6.07, 6.45) is -0.437. The summed E-state index contributed by atoms with van der Waals surface area (Å²) in [6, 6.07) is 0. The van der Waals surface area contributed by atoms with Gasteiger partial charge in [-0.3, -0.25) is 4.79 Å². The predicted octanol–water partition coefficient (Wildman–Crippen LogP) is -1.13. The molecular weight excluding hydrogens is 134 g/mol. The second kappa shape index (κ2) is 5.20. The Morgan fingerprint density at radius 1 is 1.70 bits per heavy atom. The van der Waals surface area contributed by atoms with Gasteiger partial charge in [-0.25, -0.2) is 0 Å². The average Bonchev–Trinajstić information content (AvgIpc) is 1.99. The van der Waals surface area contributed by atoms with Crippen molar-refractivity contribution in [3.05, 3.63) is 0 Å². The lowest BCUT2D eigenvalue weighted by molar-refractivity contribution is -0.121. The van der Waals surface area contributed by atoms with Crippen molar-refractivity contribution in [3.8, 4) is 0 Å². The predicted molar refractivity (Wildman–Crippen MR) is 36.4 cm³/mol. The number of carbonyl (C=O) groups is 1. The number of aliphatic hydroxyl groups excluding tert-OH is 2. The van der Waals surface area contributed by atoms with Gasteiger partial charge in [0.1, 0.15) is 0 Å². The molecule has 0 fully saturated rings. The number of nitrogens with one attached hydrogen (secondary N) is 1. The summed E-state index contributed by atoms with van der Waals surface area (Å²) in [5.74, 6) is -0.118. The fourth-order valence-corrected chi connectivity index (χ4v) is 0.421. The van der Waals surface area contributed by atoms with E-state index in [4.69, 9.17) is 10.2 Å². The molecular formula is C6H13NO3. The van der Waals surface area contributed by atoms with Crippen LogP contribution in [0.25, 0.3) is 0 Å². The van der Waals surface area contributed by atoms with E-state index in [-0.39, 0.29) is 19.1 Å². The van der Waals surface area contributed by atoms with Crippen LogP contribution in [-0.4, -0.2) is 35.4 Å². The fourth-order valence-electron chi connectivity index (χ4n) is 0.421. The van der Waals surface area contributed by atoms with Crippen molar-refractivity contribution in [1.29, 1.82) is 0 Å². The third-order valence-electron chi connectivity index (χ3n) is 1.07. The van der Waals surface area contributed by atoms with Gasteiger partial charge < -0.3 is 15.5 Å². The zero-order valence-corrected chi connectivity index (χ0v) is 6.00. The van der Waals surface area contributed by atoms with Gasteiger partial charge in [-0.1, -0.05) is 6.92 Å². The minimum atomic E-state index is -0.838. The van der Waals surface area contributed by atoms with Crippen molar-refractivity contribution in [2.75, 3.05) is 13.2 Å². The Hall–Kier alpha value is -0.610. The minimum absolute atomic E-state index is 0.118. The Morgan fingerprint density at radius 2 is 2.30 bits per heavy atom. The third kappa shape index (κ3) is 4.29. The first kappa shape index (κ1) is 9.39. The van der Waals surface area contributed by atoms with Gasteiger partial charge in [-0.15, -0.1) is 0 Å². The number of hydrogen-bond acceptors (Lipinski definition) is 3. The molecule has 3 N–H and O–H groups in total. The highest BCUT2D eigenvalue weighted by molar-refractivity contribution is 5.75. The lowest BCUT2D eigenvalue weighted by Gasteiger charge is -2.06. The maximum absolute atomic E-state index is 10.5. The fraction of sp³-hybridized carbons (Fsp3) is 0.833. The molecule has 0 saturated carbocycles. The summed E-state index contributed by atoms with van der Waals surface area (Å²) in [5.41, 5.74) is 0. The average molecular weight is 147 g/mol. The number of aliphatic hydroxyl groups is 2. The largest absolute Gasteiger partial charge is 0.394 e. The summed E-state index contributed by atoms with van der Waals surface area (Å²) < 4.78 is 0. The monoisotopic (exact) mass is 147 g/mol. The van der Waals surface area contributed by atoms with Gasteiger partial charge >= 0.3 is 0 Å². The maximum Gasteiger partial charge on any atom is 0.219 e. The van der Waals surface area contributed by atoms with Crippen LogP contribution >= 0.6 is 0 Å². The van der Waals surface area contributed by atoms with E-state index >= 15 is 0 Å². The summed E-state index contributed by atoms with van der Waals surface area (Å²) in [7, 11) is 0. The van der Waals surface area contributed by atoms with Gasteiger partial charge in [0.2, 0.25) is 5.91 Å². The Kier molecular flexibility index (Phi) is 4.88. The van der Waals surface area contributed by atoms with Crippen LogP contribution in [-0.2, 0) is 4.79 Å². The normalized spacial score (nSPS) is 12.7. The molecule has 0 spiro atoms. The molecule has 1 amide bonds. The van der Waals surface area contributed by atoms with Gasteiger partial charge in [0.15, 0.2) is 0 Å². The molecule has 10 heavy (non-hydrogen) atoms. The molecule has 1 unspecified atom stereocenters. The Balaban J connectivity index is 3.26. The van der Waals surface area contributed by atoms with Crippen molar-refractivity contribution in [2.24, 2.45) is 0 Å². The molecule has 0 saturated heterocycles. The summed E-state index contributed by atoms with van der Waals surface area (Å²) in [5, 5.41) is 19.5. The molecule has 0 aromatic heterocycles. The molecule has 1 atom stereocenters. The smallest absolute Gasteiger partial charge is 0.219 e. The topological polar surface area (TPSA) is 69.6 Å². The van der Waals surface area contributed by atoms with Crippen LogP contribution in [0.2, 0.25) is 0 Å². The third-order valence-corrected chi connectivity index (χ3v) is 1.07. The Labute approximate surface area is 59.9 Å². The molecule has 0 radical (unpaired) electrons. The molecule has 0 aromatic carbocycles. The second-order valence-corrected chi connectivity index (χ2v) is 1.99. The van der Waals surface area contributed by atoms with Crippen LogP contribution in [0, 0.1) is 0 Å². The van der Waals surface area contributed by atoms with Gasteiger partial charge in [0, 0.05) is 13.0 Å². The molecule has 0 bridgehead atoms. The lowest BCUT2D eigenvalue weighted by atomic mass is 10.3. The molecule has 4 heteroatoms. The van der Waals surface area contributed by atoms with E-state index in [0.29, 0.717) is 6.42 Å². The summed E-state index contributed by atoms with van der Waals surface area (Å²) in [4.78, 5) is 10.5. The highest BCUT2D eigenvalue weighted by Crippen LogP contribution is 1.79. The first-order valence-electron chi connectivity index (χ1n) is 3.26. The molecule has 60 valence electrons. The number of amides is 1. The first-order chi connectivity index (χ1) is 4.70. The van der Waals surface area contributed by atoms with Gasteiger partial charge in [0.25, 0.3) is 0 Å². The zero-order chi connectivity index (χ0) is 7.98. The highest BCUT2D eigenvalue weighted by atomic mass is 16.3. The van der Waals surface area contributed by atoms with Crippen LogP contribution < -0.4 is 5.32 Å². The van der Waals surface area contributed by atoms with E-state index in [1.165, 1.54) is 0 Å². The van der Waals surface area contributed by atoms with Crippen LogP contribution in [0.1, 0.15) is 13.3 Å². The van der Waals surface area contributed by atoms with Crippen LogP contribution in [0.4, 0.5) is 0 Å². The standard InChI is InChI=1S/C6H13NO3/c1-2-6(10)7-3-5(9)4-8/h5,8-9H,2-4H2,1H3,(H,7,10). The Bertz CT molecular complexity index is 105. The van der Waals surface area contributed by atoms with Gasteiger partial charge in [0.05, 0.1) is 12.7 Å². The second-order valence-electron chi connectivity index (χ2n) is 1.99. The molecule has 0 heterocycles. The van der Waals surface area contributed by atoms with E-state index in [2.05, 4.69) is 5.32 Å². The first-order valence-corrected chi connectivity index (χ1v) is 3.26. The number of carbonyl (C=O) groups excluding carboxylic acids is 1. The quantitative estimate of drug-likeness (QED) is 0.471. The van der Waals surface area contributed by atoms with Gasteiger partial charge in [-0.05, 0) is 0 Å². The van der Waals surface area contributed by atoms with Crippen molar-refractivity contribution in [3.63, 3.8) is 0 Å². The van der Waals surface area contributed by atoms with E-state index in [1.54, 1.807) is 6.92 Å². The molecule has 4 nitrogen and oxygen atoms in total. The van der Waals surface area contributed by atoms with E-state index < -0.39 is 6.10 Å². The molecule has 0 rings (SSSR count). The van der Waals surface area contributed by atoms with Crippen LogP contribution in [0.15, 0.2) is 0 Å². The van der Waals surface area contributed by atoms with Crippen molar-refractivity contribution < 1.29 is 15.0 Å². The lowest BCUT2D eigenvalue weighted by Crippen LogP contribution is -2.33. The maximum atomic E-state index is 10.5. The minimum Gasteiger partial charge on any atom is -0.394 e. The zero-order valence-electron chi connectivity index (χ0n) is 6.00. The summed E-state index contributed by atoms with van der Waals surface area (Å²) >= 11 is 0. The molecule has 0 aliphatic heterocycles. The molecule has 0 aliphatic carbocycles. The van der Waals surface area contributed by atoms with Crippen molar-refractivity contribution in [1.82, 2.24) is 5.32 Å². The van der Waals surface area contributed by atoms with Crippen LogP contribution in [0.5, 0.6) is 0 Å². The van der Waals surface area contributed by atoms with Crippen molar-refractivity contribution >= 4 is 5.91 Å². The highest BCUT2D eigenvalue weighted by Gasteiger charge is 2.02. The summed E-state index contributed by atoms with van der Waals surface area (Å²) in [6.45, 7) is 1.54. The molecule has 0 aliphatic rings. The Morgan fingerprint density at radius 3 is 2.70 bits per heavy atom. The number of hydrogen-bond donors (Lipinski definition) is 3. The molecule has 0 aromatic rings. The van der Waals surface area contributed by atoms with Gasteiger partial charge in [-0.2, -0.15) is 0 Å². The number of rotatable bonds is 4. The SMILES string of the molecule is CCC(=O)NCC(O)CO.